The molecule has 1 atom stereocenters. The summed E-state index contributed by atoms with van der Waals surface area (Å²) in [6.45, 7) is 10.5. The second-order valence-corrected chi connectivity index (χ2v) is 7.27. The Hall–Kier alpha value is -1.84. The number of hydrogen-bond acceptors (Lipinski definition) is 2. The van der Waals surface area contributed by atoms with Crippen molar-refractivity contribution in [3.63, 3.8) is 0 Å². The fraction of sp³-hybridized carbons (Fsp3) is 0.556. The third kappa shape index (κ3) is 7.81. The number of aryl methyl sites for hydroxylation is 1. The minimum atomic E-state index is -0.206. The van der Waals surface area contributed by atoms with Gasteiger partial charge in [-0.1, -0.05) is 39.8 Å². The van der Waals surface area contributed by atoms with Gasteiger partial charge in [-0.3, -0.25) is 9.59 Å². The predicted octanol–water partition coefficient (Wildman–Crippen LogP) is 3.51. The molecule has 4 nitrogen and oxygen atoms in total. The Balaban J connectivity index is 2.33. The van der Waals surface area contributed by atoms with Gasteiger partial charge in [0.1, 0.15) is 0 Å². The SMILES string of the molecule is Cc1cccc(NC(=O)CNC(=O)C[C@H](C)CC(C)(C)C)c1. The van der Waals surface area contributed by atoms with E-state index in [-0.39, 0.29) is 23.8 Å². The zero-order valence-electron chi connectivity index (χ0n) is 14.3. The van der Waals surface area contributed by atoms with Crippen LogP contribution >= 0.6 is 0 Å². The summed E-state index contributed by atoms with van der Waals surface area (Å²) in [6.07, 6.45) is 1.44. The third-order valence-electron chi connectivity index (χ3n) is 3.24. The lowest BCUT2D eigenvalue weighted by molar-refractivity contribution is -0.124. The maximum atomic E-state index is 11.9. The van der Waals surface area contributed by atoms with Gasteiger partial charge in [0, 0.05) is 12.1 Å². The quantitative estimate of drug-likeness (QED) is 0.845. The van der Waals surface area contributed by atoms with E-state index in [1.807, 2.05) is 31.2 Å². The van der Waals surface area contributed by atoms with Crippen molar-refractivity contribution in [1.82, 2.24) is 5.32 Å². The third-order valence-corrected chi connectivity index (χ3v) is 3.24. The average Bonchev–Trinajstić information content (AvgIpc) is 2.34. The molecule has 0 saturated carbocycles. The summed E-state index contributed by atoms with van der Waals surface area (Å²) in [5.41, 5.74) is 2.04. The van der Waals surface area contributed by atoms with Crippen LogP contribution in [-0.2, 0) is 9.59 Å². The van der Waals surface area contributed by atoms with E-state index in [1.54, 1.807) is 0 Å². The molecule has 0 aliphatic carbocycles. The molecule has 0 saturated heterocycles. The van der Waals surface area contributed by atoms with Crippen LogP contribution in [0.15, 0.2) is 24.3 Å². The second-order valence-electron chi connectivity index (χ2n) is 7.27. The van der Waals surface area contributed by atoms with Crippen LogP contribution in [0.25, 0.3) is 0 Å². The normalized spacial score (nSPS) is 12.6. The maximum Gasteiger partial charge on any atom is 0.243 e. The standard InChI is InChI=1S/C18H28N2O2/c1-13-7-6-8-15(9-13)20-17(22)12-19-16(21)10-14(2)11-18(3,4)5/h6-9,14H,10-12H2,1-5H3,(H,19,21)(H,20,22)/t14-/m0/s1. The zero-order valence-corrected chi connectivity index (χ0v) is 14.3. The predicted molar refractivity (Wildman–Crippen MR) is 90.7 cm³/mol. The molecular weight excluding hydrogens is 276 g/mol. The summed E-state index contributed by atoms with van der Waals surface area (Å²) >= 11 is 0. The highest BCUT2D eigenvalue weighted by Crippen LogP contribution is 2.25. The summed E-state index contributed by atoms with van der Waals surface area (Å²) < 4.78 is 0. The molecule has 22 heavy (non-hydrogen) atoms. The topological polar surface area (TPSA) is 58.2 Å². The molecule has 0 fully saturated rings. The smallest absolute Gasteiger partial charge is 0.243 e. The Morgan fingerprint density at radius 3 is 2.45 bits per heavy atom. The van der Waals surface area contributed by atoms with Gasteiger partial charge >= 0.3 is 0 Å². The number of anilines is 1. The van der Waals surface area contributed by atoms with Gasteiger partial charge in [-0.25, -0.2) is 0 Å². The average molecular weight is 304 g/mol. The summed E-state index contributed by atoms with van der Waals surface area (Å²) in [5, 5.41) is 5.46. The molecule has 0 aliphatic rings. The molecule has 122 valence electrons. The minimum absolute atomic E-state index is 0.00894. The van der Waals surface area contributed by atoms with E-state index < -0.39 is 0 Å². The van der Waals surface area contributed by atoms with Crippen LogP contribution in [0.4, 0.5) is 5.69 Å². The summed E-state index contributed by atoms with van der Waals surface area (Å²) in [5.74, 6) is 0.0263. The number of hydrogen-bond donors (Lipinski definition) is 2. The summed E-state index contributed by atoms with van der Waals surface area (Å²) in [7, 11) is 0. The van der Waals surface area contributed by atoms with E-state index in [9.17, 15) is 9.59 Å². The number of carbonyl (C=O) groups is 2. The van der Waals surface area contributed by atoms with Crippen molar-refractivity contribution in [1.29, 1.82) is 0 Å². The molecule has 0 unspecified atom stereocenters. The first-order valence-corrected chi connectivity index (χ1v) is 7.79. The first-order valence-electron chi connectivity index (χ1n) is 7.79. The van der Waals surface area contributed by atoms with E-state index in [0.717, 1.165) is 17.7 Å². The fourth-order valence-electron chi connectivity index (χ4n) is 2.61. The second kappa shape index (κ2) is 7.97. The van der Waals surface area contributed by atoms with Crippen LogP contribution in [-0.4, -0.2) is 18.4 Å². The van der Waals surface area contributed by atoms with E-state index in [0.29, 0.717) is 12.3 Å². The molecule has 2 N–H and O–H groups in total. The number of benzene rings is 1. The molecule has 0 heterocycles. The Kier molecular flexibility index (Phi) is 6.60. The van der Waals surface area contributed by atoms with Crippen LogP contribution in [0.5, 0.6) is 0 Å². The Labute approximate surface area is 133 Å². The van der Waals surface area contributed by atoms with E-state index in [4.69, 9.17) is 0 Å². The number of nitrogens with one attached hydrogen (secondary N) is 2. The van der Waals surface area contributed by atoms with Crippen molar-refractivity contribution in [2.24, 2.45) is 11.3 Å². The largest absolute Gasteiger partial charge is 0.347 e. The monoisotopic (exact) mass is 304 g/mol. The highest BCUT2D eigenvalue weighted by Gasteiger charge is 2.18. The lowest BCUT2D eigenvalue weighted by Crippen LogP contribution is -2.33. The first-order chi connectivity index (χ1) is 10.2. The minimum Gasteiger partial charge on any atom is -0.347 e. The number of amides is 2. The number of carbonyl (C=O) groups excluding carboxylic acids is 2. The highest BCUT2D eigenvalue weighted by atomic mass is 16.2. The van der Waals surface area contributed by atoms with Crippen molar-refractivity contribution in [2.45, 2.75) is 47.5 Å². The Morgan fingerprint density at radius 2 is 1.86 bits per heavy atom. The molecule has 1 aromatic rings. The van der Waals surface area contributed by atoms with Crippen LogP contribution in [0.2, 0.25) is 0 Å². The molecule has 4 heteroatoms. The van der Waals surface area contributed by atoms with Crippen molar-refractivity contribution >= 4 is 17.5 Å². The van der Waals surface area contributed by atoms with Gasteiger partial charge < -0.3 is 10.6 Å². The Morgan fingerprint density at radius 1 is 1.18 bits per heavy atom. The molecule has 0 spiro atoms. The van der Waals surface area contributed by atoms with Gasteiger partial charge in [0.05, 0.1) is 6.54 Å². The maximum absolute atomic E-state index is 11.9. The van der Waals surface area contributed by atoms with Crippen LogP contribution in [0, 0.1) is 18.3 Å². The molecule has 0 aromatic heterocycles. The highest BCUT2D eigenvalue weighted by molar-refractivity contribution is 5.94. The van der Waals surface area contributed by atoms with E-state index in [2.05, 4.69) is 38.3 Å². The van der Waals surface area contributed by atoms with Crippen molar-refractivity contribution in [3.8, 4) is 0 Å². The summed E-state index contributed by atoms with van der Waals surface area (Å²) in [6, 6.07) is 7.58. The Bertz CT molecular complexity index is 518. The molecule has 1 rings (SSSR count). The van der Waals surface area contributed by atoms with Crippen LogP contribution in [0.3, 0.4) is 0 Å². The molecule has 0 bridgehead atoms. The van der Waals surface area contributed by atoms with Gasteiger partial charge in [-0.15, -0.1) is 0 Å². The van der Waals surface area contributed by atoms with Crippen LogP contribution < -0.4 is 10.6 Å². The molecule has 1 aromatic carbocycles. The van der Waals surface area contributed by atoms with Crippen molar-refractivity contribution in [3.05, 3.63) is 29.8 Å². The van der Waals surface area contributed by atoms with Gasteiger partial charge in [0.2, 0.25) is 11.8 Å². The molecular formula is C18H28N2O2. The van der Waals surface area contributed by atoms with Gasteiger partial charge in [0.25, 0.3) is 0 Å². The van der Waals surface area contributed by atoms with Gasteiger partial charge in [0.15, 0.2) is 0 Å². The van der Waals surface area contributed by atoms with Crippen LogP contribution in [0.1, 0.15) is 46.1 Å². The molecule has 2 amide bonds. The lowest BCUT2D eigenvalue weighted by Gasteiger charge is -2.22. The lowest BCUT2D eigenvalue weighted by atomic mass is 9.84. The van der Waals surface area contributed by atoms with E-state index in [1.165, 1.54) is 0 Å². The number of rotatable bonds is 6. The van der Waals surface area contributed by atoms with Gasteiger partial charge in [-0.2, -0.15) is 0 Å². The molecule has 0 radical (unpaired) electrons. The molecule has 0 aliphatic heterocycles. The van der Waals surface area contributed by atoms with Gasteiger partial charge in [-0.05, 0) is 42.4 Å². The zero-order chi connectivity index (χ0) is 16.8. The fourth-order valence-corrected chi connectivity index (χ4v) is 2.61. The van der Waals surface area contributed by atoms with Crippen molar-refractivity contribution in [2.75, 3.05) is 11.9 Å². The van der Waals surface area contributed by atoms with Crippen molar-refractivity contribution < 1.29 is 9.59 Å². The first kappa shape index (κ1) is 18.2. The van der Waals surface area contributed by atoms with E-state index >= 15 is 0 Å². The summed E-state index contributed by atoms with van der Waals surface area (Å²) in [4.78, 5) is 23.7.